The van der Waals surface area contributed by atoms with Crippen LogP contribution in [-0.4, -0.2) is 46.9 Å². The van der Waals surface area contributed by atoms with E-state index in [4.69, 9.17) is 4.74 Å². The lowest BCUT2D eigenvalue weighted by Crippen LogP contribution is -2.44. The van der Waals surface area contributed by atoms with Crippen molar-refractivity contribution < 1.29 is 9.84 Å². The number of aliphatic hydroxyl groups excluding tert-OH is 1. The Morgan fingerprint density at radius 3 is 3.20 bits per heavy atom. The molecule has 0 radical (unpaired) electrons. The topological polar surface area (TPSA) is 67.1 Å². The number of rotatable bonds is 2. The summed E-state index contributed by atoms with van der Waals surface area (Å²) < 4.78 is 7.88. The van der Waals surface area contributed by atoms with E-state index < -0.39 is 0 Å². The molecule has 0 spiro atoms. The minimum absolute atomic E-state index is 0.0272. The Bertz CT molecular complexity index is 688. The van der Waals surface area contributed by atoms with Crippen LogP contribution in [0.25, 0.3) is 5.65 Å². The summed E-state index contributed by atoms with van der Waals surface area (Å²) in [6.45, 7) is 1.71. The van der Waals surface area contributed by atoms with E-state index in [-0.39, 0.29) is 18.3 Å². The third kappa shape index (κ3) is 2.52. The van der Waals surface area contributed by atoms with Gasteiger partial charge in [0.2, 0.25) is 0 Å². The molecule has 6 nitrogen and oxygen atoms in total. The van der Waals surface area contributed by atoms with Gasteiger partial charge in [0.15, 0.2) is 5.65 Å². The van der Waals surface area contributed by atoms with Crippen molar-refractivity contribution >= 4 is 34.1 Å². The van der Waals surface area contributed by atoms with Crippen molar-refractivity contribution in [2.24, 2.45) is 0 Å². The van der Waals surface area contributed by atoms with Crippen LogP contribution in [0.5, 0.6) is 0 Å². The van der Waals surface area contributed by atoms with E-state index in [2.05, 4.69) is 27.6 Å². The largest absolute Gasteiger partial charge is 0.394 e. The Kier molecular flexibility index (Phi) is 3.90. The number of ether oxygens (including phenoxy) is 1. The molecule has 0 saturated carbocycles. The summed E-state index contributed by atoms with van der Waals surface area (Å²) >= 11 is 2.17. The van der Waals surface area contributed by atoms with E-state index in [1.165, 1.54) is 10.5 Å². The first kappa shape index (κ1) is 13.8. The minimum Gasteiger partial charge on any atom is -0.394 e. The molecule has 1 fully saturated rings. The fraction of sp³-hybridized carbons (Fsp3) is 0.385. The average molecular weight is 387 g/mol. The average Bonchev–Trinajstić information content (AvgIpc) is 2.48. The molecule has 1 saturated heterocycles. The zero-order valence-corrected chi connectivity index (χ0v) is 12.9. The SMILES string of the molecule is O=c1cc(N2CCOC(CO)C2)nc2c(I)cccn12. The van der Waals surface area contributed by atoms with Crippen LogP contribution in [0.15, 0.2) is 29.2 Å². The van der Waals surface area contributed by atoms with E-state index in [0.717, 1.165) is 3.57 Å². The zero-order chi connectivity index (χ0) is 14.1. The maximum atomic E-state index is 12.2. The van der Waals surface area contributed by atoms with Gasteiger partial charge in [-0.25, -0.2) is 4.98 Å². The van der Waals surface area contributed by atoms with E-state index in [1.807, 2.05) is 17.0 Å². The van der Waals surface area contributed by atoms with E-state index in [0.29, 0.717) is 31.2 Å². The first-order valence-electron chi connectivity index (χ1n) is 6.34. The number of hydrogen-bond donors (Lipinski definition) is 1. The van der Waals surface area contributed by atoms with Gasteiger partial charge in [0, 0.05) is 25.4 Å². The number of halogens is 1. The van der Waals surface area contributed by atoms with Crippen LogP contribution < -0.4 is 10.5 Å². The fourth-order valence-corrected chi connectivity index (χ4v) is 2.87. The molecule has 2 aromatic rings. The van der Waals surface area contributed by atoms with E-state index >= 15 is 0 Å². The molecular weight excluding hydrogens is 373 g/mol. The second-order valence-corrected chi connectivity index (χ2v) is 5.79. The van der Waals surface area contributed by atoms with Crippen LogP contribution >= 0.6 is 22.6 Å². The highest BCUT2D eigenvalue weighted by Gasteiger charge is 2.21. The smallest absolute Gasteiger partial charge is 0.259 e. The fourth-order valence-electron chi connectivity index (χ4n) is 2.28. The van der Waals surface area contributed by atoms with Crippen molar-refractivity contribution in [1.82, 2.24) is 9.38 Å². The lowest BCUT2D eigenvalue weighted by molar-refractivity contribution is 0.00336. The van der Waals surface area contributed by atoms with E-state index in [1.54, 1.807) is 6.20 Å². The summed E-state index contributed by atoms with van der Waals surface area (Å²) in [6.07, 6.45) is 1.49. The Hall–Kier alpha value is -1.19. The number of anilines is 1. The summed E-state index contributed by atoms with van der Waals surface area (Å²) in [7, 11) is 0. The van der Waals surface area contributed by atoms with Crippen LogP contribution in [0.2, 0.25) is 0 Å². The van der Waals surface area contributed by atoms with Gasteiger partial charge in [0.25, 0.3) is 5.56 Å². The molecule has 1 atom stereocenters. The quantitative estimate of drug-likeness (QED) is 0.761. The standard InChI is InChI=1S/C13H14IN3O3/c14-10-2-1-3-17-12(19)6-11(15-13(10)17)16-4-5-20-9(7-16)8-18/h1-3,6,9,18H,4-5,7-8H2. The molecule has 1 unspecified atom stereocenters. The monoisotopic (exact) mass is 387 g/mol. The number of morpholine rings is 1. The molecule has 2 aromatic heterocycles. The third-order valence-electron chi connectivity index (χ3n) is 3.30. The third-order valence-corrected chi connectivity index (χ3v) is 4.14. The Morgan fingerprint density at radius 1 is 1.55 bits per heavy atom. The number of fused-ring (bicyclic) bond motifs is 1. The van der Waals surface area contributed by atoms with Gasteiger partial charge >= 0.3 is 0 Å². The lowest BCUT2D eigenvalue weighted by atomic mass is 10.3. The molecule has 3 heterocycles. The van der Waals surface area contributed by atoms with E-state index in [9.17, 15) is 9.90 Å². The van der Waals surface area contributed by atoms with Crippen LogP contribution in [0.3, 0.4) is 0 Å². The molecule has 106 valence electrons. The predicted octanol–water partition coefficient (Wildman–Crippen LogP) is 0.497. The highest BCUT2D eigenvalue weighted by atomic mass is 127. The molecule has 20 heavy (non-hydrogen) atoms. The van der Waals surface area contributed by atoms with Crippen molar-refractivity contribution in [2.45, 2.75) is 6.10 Å². The highest BCUT2D eigenvalue weighted by Crippen LogP contribution is 2.17. The summed E-state index contributed by atoms with van der Waals surface area (Å²) in [5.74, 6) is 0.640. The van der Waals surface area contributed by atoms with Crippen molar-refractivity contribution in [3.05, 3.63) is 38.3 Å². The first-order chi connectivity index (χ1) is 9.69. The molecule has 3 rings (SSSR count). The number of pyridine rings is 1. The molecule has 7 heteroatoms. The molecule has 1 aliphatic rings. The number of hydrogen-bond acceptors (Lipinski definition) is 5. The predicted molar refractivity (Wildman–Crippen MR) is 83.2 cm³/mol. The maximum Gasteiger partial charge on any atom is 0.259 e. The van der Waals surface area contributed by atoms with Gasteiger partial charge < -0.3 is 14.7 Å². The molecule has 0 amide bonds. The number of aromatic nitrogens is 2. The van der Waals surface area contributed by atoms with Crippen molar-refractivity contribution in [3.63, 3.8) is 0 Å². The maximum absolute atomic E-state index is 12.2. The Labute approximate surface area is 129 Å². The molecule has 0 aromatic carbocycles. The second kappa shape index (κ2) is 5.66. The Balaban J connectivity index is 2.04. The van der Waals surface area contributed by atoms with Gasteiger partial charge in [-0.1, -0.05) is 0 Å². The molecule has 1 aliphatic heterocycles. The van der Waals surface area contributed by atoms with Gasteiger partial charge in [-0.15, -0.1) is 0 Å². The van der Waals surface area contributed by atoms with Crippen LogP contribution in [0.1, 0.15) is 0 Å². The lowest BCUT2D eigenvalue weighted by Gasteiger charge is -2.32. The van der Waals surface area contributed by atoms with Crippen molar-refractivity contribution in [3.8, 4) is 0 Å². The summed E-state index contributed by atoms with van der Waals surface area (Å²) in [6, 6.07) is 5.28. The molecular formula is C13H14IN3O3. The van der Waals surface area contributed by atoms with Gasteiger partial charge in [0.05, 0.1) is 22.9 Å². The highest BCUT2D eigenvalue weighted by molar-refractivity contribution is 14.1. The molecule has 0 aliphatic carbocycles. The van der Waals surface area contributed by atoms with Gasteiger partial charge in [-0.2, -0.15) is 0 Å². The summed E-state index contributed by atoms with van der Waals surface area (Å²) in [5.41, 5.74) is 0.554. The zero-order valence-electron chi connectivity index (χ0n) is 10.7. The normalized spacial score (nSPS) is 19.5. The molecule has 0 bridgehead atoms. The van der Waals surface area contributed by atoms with Gasteiger partial charge in [-0.3, -0.25) is 9.20 Å². The summed E-state index contributed by atoms with van der Waals surface area (Å²) in [5, 5.41) is 9.19. The van der Waals surface area contributed by atoms with Crippen LogP contribution in [0, 0.1) is 3.57 Å². The van der Waals surface area contributed by atoms with Gasteiger partial charge in [-0.05, 0) is 34.7 Å². The Morgan fingerprint density at radius 2 is 2.40 bits per heavy atom. The second-order valence-electron chi connectivity index (χ2n) is 4.62. The first-order valence-corrected chi connectivity index (χ1v) is 7.42. The van der Waals surface area contributed by atoms with Crippen LogP contribution in [0.4, 0.5) is 5.82 Å². The van der Waals surface area contributed by atoms with Gasteiger partial charge in [0.1, 0.15) is 5.82 Å². The molecule has 1 N–H and O–H groups in total. The van der Waals surface area contributed by atoms with Crippen molar-refractivity contribution in [2.75, 3.05) is 31.2 Å². The minimum atomic E-state index is -0.223. The summed E-state index contributed by atoms with van der Waals surface area (Å²) in [4.78, 5) is 18.7. The number of nitrogens with zero attached hydrogens (tertiary/aromatic N) is 3. The van der Waals surface area contributed by atoms with Crippen LogP contribution in [-0.2, 0) is 4.74 Å². The number of aliphatic hydroxyl groups is 1. The van der Waals surface area contributed by atoms with Crippen molar-refractivity contribution in [1.29, 1.82) is 0 Å².